The van der Waals surface area contributed by atoms with Crippen LogP contribution in [0, 0.1) is 17.9 Å². The topological polar surface area (TPSA) is 106 Å². The smallest absolute Gasteiger partial charge is 0.396 e. The minimum absolute atomic E-state index is 0.0513. The number of nitriles is 1. The van der Waals surface area contributed by atoms with Gasteiger partial charge in [0.2, 0.25) is 5.70 Å². The Kier molecular flexibility index (Phi) is 7.96. The number of sulfone groups is 1. The fourth-order valence-electron chi connectivity index (χ4n) is 4.14. The van der Waals surface area contributed by atoms with Gasteiger partial charge in [-0.25, -0.2) is 18.1 Å². The average molecular weight is 533 g/mol. The second kappa shape index (κ2) is 10.6. The highest BCUT2D eigenvalue weighted by Gasteiger charge is 2.41. The summed E-state index contributed by atoms with van der Waals surface area (Å²) in [6, 6.07) is 8.00. The molecule has 0 fully saturated rings. The molecule has 0 aliphatic carbocycles. The normalized spacial score (nSPS) is 16.5. The lowest BCUT2D eigenvalue weighted by Gasteiger charge is -2.40. The van der Waals surface area contributed by atoms with E-state index in [4.69, 9.17) is 11.7 Å². The van der Waals surface area contributed by atoms with Crippen LogP contribution in [-0.4, -0.2) is 43.9 Å². The van der Waals surface area contributed by atoms with Crippen LogP contribution in [0.4, 0.5) is 23.7 Å². The molecule has 0 saturated carbocycles. The summed E-state index contributed by atoms with van der Waals surface area (Å²) in [7, 11) is -2.66. The minimum atomic E-state index is -4.65. The van der Waals surface area contributed by atoms with Crippen LogP contribution in [0.2, 0.25) is 0 Å². The molecule has 0 bridgehead atoms. The molecule has 0 spiro atoms. The van der Waals surface area contributed by atoms with Crippen molar-refractivity contribution in [1.82, 2.24) is 4.90 Å². The van der Waals surface area contributed by atoms with Crippen molar-refractivity contribution in [3.63, 3.8) is 0 Å². The summed E-state index contributed by atoms with van der Waals surface area (Å²) in [5.41, 5.74) is -0.923. The summed E-state index contributed by atoms with van der Waals surface area (Å²) >= 11 is 0. The van der Waals surface area contributed by atoms with Crippen molar-refractivity contribution in [3.8, 4) is 6.07 Å². The van der Waals surface area contributed by atoms with Gasteiger partial charge in [0.05, 0.1) is 40.5 Å². The standard InChI is InChI=1S/C25H23F3N4O4S/c1-16-22(30-2)23(20-10-9-17(15-29)13-21(20)37(35,36)12-5-4-11-33)31(3)24(34)32(16)19-8-6-7-18(14-19)25(26,27)28/h6-10,13-14,23,33H,4-5,11-12H2,1,3H3/t23-/m1/s1. The third kappa shape index (κ3) is 5.45. The zero-order chi connectivity index (χ0) is 27.5. The molecule has 8 nitrogen and oxygen atoms in total. The van der Waals surface area contributed by atoms with Gasteiger partial charge in [-0.05, 0) is 55.7 Å². The van der Waals surface area contributed by atoms with Gasteiger partial charge in [0, 0.05) is 25.0 Å². The van der Waals surface area contributed by atoms with E-state index in [9.17, 15) is 31.6 Å². The molecular weight excluding hydrogens is 509 g/mol. The number of anilines is 1. The number of unbranched alkanes of at least 4 members (excludes halogenated alkanes) is 1. The van der Waals surface area contributed by atoms with E-state index in [2.05, 4.69) is 4.85 Å². The van der Waals surface area contributed by atoms with Crippen molar-refractivity contribution in [1.29, 1.82) is 5.26 Å². The van der Waals surface area contributed by atoms with Crippen LogP contribution in [0.25, 0.3) is 4.85 Å². The second-order valence-corrected chi connectivity index (χ2v) is 10.5. The number of urea groups is 1. The number of hydrogen-bond acceptors (Lipinski definition) is 5. The Hall–Kier alpha value is -3.87. The third-order valence-electron chi connectivity index (χ3n) is 5.99. The van der Waals surface area contributed by atoms with Gasteiger partial charge in [-0.3, -0.25) is 4.90 Å². The summed E-state index contributed by atoms with van der Waals surface area (Å²) in [5.74, 6) is -0.327. The lowest BCUT2D eigenvalue weighted by atomic mass is 9.97. The maximum Gasteiger partial charge on any atom is 0.416 e. The lowest BCUT2D eigenvalue weighted by molar-refractivity contribution is -0.137. The number of allylic oxidation sites excluding steroid dienone is 1. The maximum atomic E-state index is 13.4. The van der Waals surface area contributed by atoms with Crippen LogP contribution in [0.15, 0.2) is 58.8 Å². The van der Waals surface area contributed by atoms with Crippen LogP contribution in [0.3, 0.4) is 0 Å². The number of carbonyl (C=O) groups is 1. The number of nitrogens with zero attached hydrogens (tertiary/aromatic N) is 4. The van der Waals surface area contributed by atoms with Gasteiger partial charge in [-0.1, -0.05) is 12.1 Å². The van der Waals surface area contributed by atoms with Crippen molar-refractivity contribution in [3.05, 3.63) is 82.0 Å². The minimum Gasteiger partial charge on any atom is -0.396 e. The van der Waals surface area contributed by atoms with Crippen LogP contribution in [-0.2, 0) is 16.0 Å². The van der Waals surface area contributed by atoms with Crippen molar-refractivity contribution in [2.45, 2.75) is 36.9 Å². The largest absolute Gasteiger partial charge is 0.416 e. The van der Waals surface area contributed by atoms with E-state index in [1.54, 1.807) is 0 Å². The fourth-order valence-corrected chi connectivity index (χ4v) is 5.79. The Bertz CT molecular complexity index is 1440. The van der Waals surface area contributed by atoms with E-state index in [1.165, 1.54) is 38.2 Å². The number of benzene rings is 2. The number of alkyl halides is 3. The molecule has 37 heavy (non-hydrogen) atoms. The Morgan fingerprint density at radius 3 is 2.49 bits per heavy atom. The van der Waals surface area contributed by atoms with Gasteiger partial charge in [0.1, 0.15) is 0 Å². The molecule has 1 atom stereocenters. The molecule has 3 rings (SSSR count). The van der Waals surface area contributed by atoms with Gasteiger partial charge in [-0.2, -0.15) is 18.4 Å². The first-order valence-corrected chi connectivity index (χ1v) is 12.7. The van der Waals surface area contributed by atoms with E-state index >= 15 is 0 Å². The highest BCUT2D eigenvalue weighted by atomic mass is 32.2. The van der Waals surface area contributed by atoms with E-state index in [0.717, 1.165) is 28.0 Å². The molecule has 0 saturated heterocycles. The second-order valence-electron chi connectivity index (χ2n) is 8.38. The van der Waals surface area contributed by atoms with Crippen molar-refractivity contribution < 1.29 is 31.5 Å². The zero-order valence-corrected chi connectivity index (χ0v) is 20.8. The van der Waals surface area contributed by atoms with Gasteiger partial charge < -0.3 is 10.0 Å². The van der Waals surface area contributed by atoms with Crippen LogP contribution < -0.4 is 4.90 Å². The molecule has 0 unspecified atom stereocenters. The maximum absolute atomic E-state index is 13.4. The molecule has 2 amide bonds. The van der Waals surface area contributed by atoms with Crippen LogP contribution >= 0.6 is 0 Å². The number of halogens is 3. The zero-order valence-electron chi connectivity index (χ0n) is 20.0. The predicted octanol–water partition coefficient (Wildman–Crippen LogP) is 4.89. The first-order chi connectivity index (χ1) is 17.4. The highest BCUT2D eigenvalue weighted by Crippen LogP contribution is 2.42. The number of likely N-dealkylation sites (N-methyl/N-ethyl adjacent to an activating group) is 1. The Morgan fingerprint density at radius 1 is 1.19 bits per heavy atom. The molecule has 194 valence electrons. The summed E-state index contributed by atoms with van der Waals surface area (Å²) in [4.78, 5) is 18.8. The number of aliphatic hydroxyl groups is 1. The SMILES string of the molecule is [C-]#[N+]C1=C(C)N(c2cccc(C(F)(F)F)c2)C(=O)N(C)[C@@H]1c1ccc(C#N)cc1S(=O)(=O)CCCCO. The van der Waals surface area contributed by atoms with E-state index in [-0.39, 0.29) is 58.3 Å². The highest BCUT2D eigenvalue weighted by molar-refractivity contribution is 7.91. The Balaban J connectivity index is 2.21. The lowest BCUT2D eigenvalue weighted by Crippen LogP contribution is -2.47. The molecule has 2 aromatic rings. The van der Waals surface area contributed by atoms with E-state index in [0.29, 0.717) is 0 Å². The first kappa shape index (κ1) is 27.7. The Morgan fingerprint density at radius 2 is 1.89 bits per heavy atom. The van der Waals surface area contributed by atoms with E-state index in [1.807, 2.05) is 6.07 Å². The van der Waals surface area contributed by atoms with Crippen molar-refractivity contribution >= 4 is 21.6 Å². The molecule has 0 radical (unpaired) electrons. The number of amides is 2. The third-order valence-corrected chi connectivity index (χ3v) is 7.84. The van der Waals surface area contributed by atoms with Gasteiger partial charge in [0.15, 0.2) is 9.84 Å². The monoisotopic (exact) mass is 532 g/mol. The molecule has 12 heteroatoms. The van der Waals surface area contributed by atoms with Crippen molar-refractivity contribution in [2.75, 3.05) is 24.3 Å². The molecule has 0 aromatic heterocycles. The Labute approximate surface area is 212 Å². The summed E-state index contributed by atoms with van der Waals surface area (Å²) in [6.45, 7) is 9.00. The van der Waals surface area contributed by atoms with E-state index < -0.39 is 33.6 Å². The number of carbonyl (C=O) groups excluding carboxylic acids is 1. The number of rotatable bonds is 7. The number of hydrogen-bond donors (Lipinski definition) is 1. The average Bonchev–Trinajstić information content (AvgIpc) is 2.85. The van der Waals surface area contributed by atoms with Gasteiger partial charge in [0.25, 0.3) is 0 Å². The molecule has 1 aliphatic heterocycles. The predicted molar refractivity (Wildman–Crippen MR) is 129 cm³/mol. The van der Waals surface area contributed by atoms with Crippen molar-refractivity contribution in [2.24, 2.45) is 0 Å². The molecule has 1 heterocycles. The fraction of sp³-hybridized carbons (Fsp3) is 0.320. The van der Waals surface area contributed by atoms with Gasteiger partial charge in [-0.15, -0.1) is 0 Å². The summed E-state index contributed by atoms with van der Waals surface area (Å²) < 4.78 is 66.3. The molecule has 1 aliphatic rings. The molecule has 1 N–H and O–H groups in total. The first-order valence-electron chi connectivity index (χ1n) is 11.1. The quantitative estimate of drug-likeness (QED) is 0.404. The molecular formula is C25H23F3N4O4S. The van der Waals surface area contributed by atoms with Crippen LogP contribution in [0.1, 0.15) is 42.5 Å². The number of aliphatic hydroxyl groups excluding tert-OH is 1. The van der Waals surface area contributed by atoms with Crippen LogP contribution in [0.5, 0.6) is 0 Å². The molecule has 2 aromatic carbocycles. The van der Waals surface area contributed by atoms with Gasteiger partial charge >= 0.3 is 12.2 Å². The summed E-state index contributed by atoms with van der Waals surface area (Å²) in [5, 5.41) is 18.4. The summed E-state index contributed by atoms with van der Waals surface area (Å²) in [6.07, 6.45) is -4.25.